The molecule has 0 aliphatic carbocycles. The molecule has 9 atom stereocenters. The number of aromatic nitrogens is 1. The molecule has 2 N–H and O–H groups in total. The number of likely N-dealkylation sites (tertiary alicyclic amines) is 1. The smallest absolute Gasteiger partial charge is 0.245 e. The van der Waals surface area contributed by atoms with Gasteiger partial charge >= 0.3 is 0 Å². The van der Waals surface area contributed by atoms with E-state index in [0.717, 1.165) is 56.0 Å². The van der Waals surface area contributed by atoms with E-state index in [-0.39, 0.29) is 59.9 Å². The molecule has 0 saturated carbocycles. The third kappa shape index (κ3) is 14.6. The van der Waals surface area contributed by atoms with Gasteiger partial charge in [0, 0.05) is 52.5 Å². The van der Waals surface area contributed by atoms with Crippen LogP contribution in [0, 0.1) is 23.7 Å². The number of carbonyl (C=O) groups is 4. The second kappa shape index (κ2) is 26.4. The quantitative estimate of drug-likeness (QED) is 0.106. The monoisotopic (exact) mass is 884 g/mol. The first-order chi connectivity index (χ1) is 29.5. The van der Waals surface area contributed by atoms with Crippen LogP contribution in [0.1, 0.15) is 111 Å². The molecule has 0 radical (unpaired) electrons. The van der Waals surface area contributed by atoms with Crippen molar-refractivity contribution in [3.05, 3.63) is 52.5 Å². The fourth-order valence-electron chi connectivity index (χ4n) is 9.23. The minimum absolute atomic E-state index is 0.0177. The standard InChI is InChI=1S/C48H81N7O6S/c1-14-25-54(16-3)28-27-52(10)42(33(6)7)46(58)51-41(32(4)5)48(59)53(11)43(34(8)15-2)39(60-12)31-40(56)55-26-20-23-38(55)44(61-13)35(9)45(57)50-37(47-49-24-29-62-47)30-36-21-18-17-19-22-36/h17-19,21-22,24,29,32-35,37-39,41-44H,14-16,20,23,25-28,30-31H2,1-13H3,(H,50,57)(H,51,58)/t34-,35+,37-,38-,39+,41-,42-,43-,44+/m0/s1. The molecule has 1 aliphatic heterocycles. The highest BCUT2D eigenvalue weighted by Gasteiger charge is 2.43. The van der Waals surface area contributed by atoms with Gasteiger partial charge in [-0.05, 0) is 69.1 Å². The lowest BCUT2D eigenvalue weighted by Gasteiger charge is -2.41. The summed E-state index contributed by atoms with van der Waals surface area (Å²) in [4.78, 5) is 69.7. The van der Waals surface area contributed by atoms with E-state index in [0.29, 0.717) is 19.4 Å². The van der Waals surface area contributed by atoms with Gasteiger partial charge in [0.2, 0.25) is 23.6 Å². The van der Waals surface area contributed by atoms with Gasteiger partial charge in [-0.2, -0.15) is 0 Å². The zero-order chi connectivity index (χ0) is 46.1. The molecule has 1 aromatic heterocycles. The molecule has 0 unspecified atom stereocenters. The van der Waals surface area contributed by atoms with Gasteiger partial charge in [-0.1, -0.05) is 99.1 Å². The summed E-state index contributed by atoms with van der Waals surface area (Å²) in [5.41, 5.74) is 1.09. The maximum atomic E-state index is 14.6. The van der Waals surface area contributed by atoms with E-state index in [4.69, 9.17) is 9.47 Å². The van der Waals surface area contributed by atoms with Crippen molar-refractivity contribution in [1.29, 1.82) is 0 Å². The summed E-state index contributed by atoms with van der Waals surface area (Å²) in [7, 11) is 6.96. The highest BCUT2D eigenvalue weighted by molar-refractivity contribution is 7.09. The number of hydrogen-bond donors (Lipinski definition) is 2. The Balaban J connectivity index is 1.78. The van der Waals surface area contributed by atoms with E-state index in [1.165, 1.54) is 11.3 Å². The average Bonchev–Trinajstić information content (AvgIpc) is 3.97. The van der Waals surface area contributed by atoms with Crippen LogP contribution in [0.4, 0.5) is 0 Å². The fourth-order valence-corrected chi connectivity index (χ4v) is 9.92. The van der Waals surface area contributed by atoms with Gasteiger partial charge in [-0.3, -0.25) is 24.1 Å². The van der Waals surface area contributed by atoms with Crippen LogP contribution in [0.15, 0.2) is 41.9 Å². The predicted molar refractivity (Wildman–Crippen MR) is 250 cm³/mol. The molecule has 1 aromatic carbocycles. The predicted octanol–water partition coefficient (Wildman–Crippen LogP) is 6.29. The summed E-state index contributed by atoms with van der Waals surface area (Å²) < 4.78 is 12.2. The largest absolute Gasteiger partial charge is 0.379 e. The third-order valence-corrected chi connectivity index (χ3v) is 13.9. The van der Waals surface area contributed by atoms with Crippen molar-refractivity contribution in [3.8, 4) is 0 Å². The zero-order valence-corrected chi connectivity index (χ0v) is 41.1. The number of nitrogens with zero attached hydrogens (tertiary/aromatic N) is 5. The van der Waals surface area contributed by atoms with E-state index in [1.807, 2.05) is 82.3 Å². The molecular formula is C48H81N7O6S. The maximum Gasteiger partial charge on any atom is 0.245 e. The molecule has 1 aliphatic rings. The van der Waals surface area contributed by atoms with Crippen LogP contribution in [0.3, 0.4) is 0 Å². The van der Waals surface area contributed by atoms with Gasteiger partial charge in [-0.25, -0.2) is 4.98 Å². The van der Waals surface area contributed by atoms with Gasteiger partial charge in [0.25, 0.3) is 0 Å². The minimum atomic E-state index is -0.768. The van der Waals surface area contributed by atoms with Crippen LogP contribution < -0.4 is 10.6 Å². The van der Waals surface area contributed by atoms with E-state index in [1.54, 1.807) is 32.4 Å². The number of nitrogens with one attached hydrogen (secondary N) is 2. The number of likely N-dealkylation sites (N-methyl/N-ethyl adjacent to an activating group) is 3. The summed E-state index contributed by atoms with van der Waals surface area (Å²) in [6.45, 7) is 22.4. The van der Waals surface area contributed by atoms with Crippen LogP contribution in [0.2, 0.25) is 0 Å². The molecule has 2 aromatic rings. The Morgan fingerprint density at radius 1 is 0.903 bits per heavy atom. The van der Waals surface area contributed by atoms with Gasteiger partial charge in [-0.15, -0.1) is 11.3 Å². The number of methoxy groups -OCH3 is 2. The number of carbonyl (C=O) groups excluding carboxylic acids is 4. The Bertz CT molecular complexity index is 1630. The average molecular weight is 884 g/mol. The van der Waals surface area contributed by atoms with Crippen molar-refractivity contribution in [2.24, 2.45) is 23.7 Å². The van der Waals surface area contributed by atoms with Crippen molar-refractivity contribution < 1.29 is 28.7 Å². The Morgan fingerprint density at radius 3 is 2.15 bits per heavy atom. The normalized spacial score (nSPS) is 18.3. The van der Waals surface area contributed by atoms with Gasteiger partial charge < -0.3 is 34.8 Å². The van der Waals surface area contributed by atoms with Gasteiger partial charge in [0.15, 0.2) is 0 Å². The number of ether oxygens (including phenoxy) is 2. The summed E-state index contributed by atoms with van der Waals surface area (Å²) in [5.74, 6) is -1.36. The Labute approximate surface area is 378 Å². The van der Waals surface area contributed by atoms with Gasteiger partial charge in [0.05, 0.1) is 48.7 Å². The molecule has 1 fully saturated rings. The summed E-state index contributed by atoms with van der Waals surface area (Å²) >= 11 is 1.51. The van der Waals surface area contributed by atoms with Crippen LogP contribution in [0.5, 0.6) is 0 Å². The SMILES string of the molecule is CCCN(CC)CCN(C)[C@H](C(=O)N[C@H](C(=O)N(C)[C@@H]([C@@H](C)CC)[C@@H](CC(=O)N1CCC[C@H]1[C@H](OC)[C@@H](C)C(=O)N[C@@H](Cc1ccccc1)c1nccs1)OC)C(C)C)C(C)C. The first kappa shape index (κ1) is 52.9. The molecule has 14 heteroatoms. The molecule has 0 bridgehead atoms. The van der Waals surface area contributed by atoms with Gasteiger partial charge in [0.1, 0.15) is 11.0 Å². The number of hydrogen-bond acceptors (Lipinski definition) is 10. The maximum absolute atomic E-state index is 14.6. The lowest BCUT2D eigenvalue weighted by atomic mass is 9.89. The Hall–Kier alpha value is -3.43. The topological polar surface area (TPSA) is 137 Å². The van der Waals surface area contributed by atoms with Crippen molar-refractivity contribution in [3.63, 3.8) is 0 Å². The van der Waals surface area contributed by atoms with E-state index < -0.39 is 36.3 Å². The molecular weight excluding hydrogens is 803 g/mol. The lowest BCUT2D eigenvalue weighted by molar-refractivity contribution is -0.148. The van der Waals surface area contributed by atoms with Crippen molar-refractivity contribution >= 4 is 35.0 Å². The molecule has 13 nitrogen and oxygen atoms in total. The van der Waals surface area contributed by atoms with Crippen LogP contribution in [-0.2, 0) is 35.1 Å². The van der Waals surface area contributed by atoms with Crippen LogP contribution in [-0.4, -0.2) is 146 Å². The summed E-state index contributed by atoms with van der Waals surface area (Å²) in [5, 5.41) is 9.16. The van der Waals surface area contributed by atoms with E-state index >= 15 is 0 Å². The van der Waals surface area contributed by atoms with Crippen molar-refractivity contribution in [1.82, 2.24) is 35.2 Å². The number of thiazole rings is 1. The summed E-state index contributed by atoms with van der Waals surface area (Å²) in [6.07, 6.45) is 4.54. The molecule has 62 heavy (non-hydrogen) atoms. The highest BCUT2D eigenvalue weighted by atomic mass is 32.1. The lowest BCUT2D eigenvalue weighted by Crippen LogP contribution is -2.60. The molecule has 4 amide bonds. The zero-order valence-electron chi connectivity index (χ0n) is 40.3. The molecule has 350 valence electrons. The Kier molecular flexibility index (Phi) is 22.5. The van der Waals surface area contributed by atoms with Crippen molar-refractivity contribution in [2.45, 2.75) is 143 Å². The fraction of sp³-hybridized carbons (Fsp3) is 0.729. The second-order valence-corrected chi connectivity index (χ2v) is 19.0. The minimum Gasteiger partial charge on any atom is -0.379 e. The first-order valence-electron chi connectivity index (χ1n) is 23.1. The van der Waals surface area contributed by atoms with E-state index in [2.05, 4.69) is 53.1 Å². The summed E-state index contributed by atoms with van der Waals surface area (Å²) in [6, 6.07) is 7.79. The number of benzene rings is 1. The molecule has 1 saturated heterocycles. The first-order valence-corrected chi connectivity index (χ1v) is 24.0. The number of amides is 4. The number of rotatable bonds is 27. The molecule has 0 spiro atoms. The van der Waals surface area contributed by atoms with E-state index in [9.17, 15) is 19.2 Å². The van der Waals surface area contributed by atoms with Crippen LogP contribution in [0.25, 0.3) is 0 Å². The second-order valence-electron chi connectivity index (χ2n) is 18.0. The highest BCUT2D eigenvalue weighted by Crippen LogP contribution is 2.31. The van der Waals surface area contributed by atoms with Crippen molar-refractivity contribution in [2.75, 3.05) is 61.0 Å². The molecule has 2 heterocycles. The van der Waals surface area contributed by atoms with Crippen LogP contribution >= 0.6 is 11.3 Å². The Morgan fingerprint density at radius 2 is 1.60 bits per heavy atom. The third-order valence-electron chi connectivity index (χ3n) is 13.0. The molecule has 3 rings (SSSR count).